The Bertz CT molecular complexity index is 240. The Labute approximate surface area is 79.6 Å². The van der Waals surface area contributed by atoms with E-state index in [1.165, 1.54) is 6.42 Å². The molecule has 0 N–H and O–H groups in total. The van der Waals surface area contributed by atoms with Crippen LogP contribution in [0.4, 0.5) is 0 Å². The number of benzene rings is 1. The Hall–Kier alpha value is -1.30. The van der Waals surface area contributed by atoms with Gasteiger partial charge in [-0.1, -0.05) is 60.7 Å². The molecular weight excluding hydrogens is 156 g/mol. The molecule has 0 heterocycles. The Morgan fingerprint density at radius 1 is 0.538 bits per heavy atom. The fourth-order valence-electron chi connectivity index (χ4n) is 1.71. The summed E-state index contributed by atoms with van der Waals surface area (Å²) in [5.74, 6) is 1.62. The van der Waals surface area contributed by atoms with E-state index in [1.807, 2.05) is 36.4 Å². The SMILES string of the molecule is C1=CC2C=CC1C2.c1ccccc1. The highest BCUT2D eigenvalue weighted by Gasteiger charge is 2.19. The highest BCUT2D eigenvalue weighted by atomic mass is 14.2. The van der Waals surface area contributed by atoms with Gasteiger partial charge in [0.25, 0.3) is 0 Å². The number of fused-ring (bicyclic) bond motifs is 2. The number of hydrogen-bond donors (Lipinski definition) is 0. The van der Waals surface area contributed by atoms with Crippen LogP contribution in [0.2, 0.25) is 0 Å². The van der Waals surface area contributed by atoms with Crippen molar-refractivity contribution in [2.75, 3.05) is 0 Å². The van der Waals surface area contributed by atoms with Crippen molar-refractivity contribution in [1.82, 2.24) is 0 Å². The first-order valence-corrected chi connectivity index (χ1v) is 4.82. The predicted molar refractivity (Wildman–Crippen MR) is 56.3 cm³/mol. The first-order chi connectivity index (χ1) is 6.45. The molecule has 66 valence electrons. The summed E-state index contributed by atoms with van der Waals surface area (Å²) in [6.07, 6.45) is 10.5. The lowest BCUT2D eigenvalue weighted by Gasteiger charge is -1.88. The molecule has 2 bridgehead atoms. The average molecular weight is 170 g/mol. The molecule has 0 nitrogen and oxygen atoms in total. The Morgan fingerprint density at radius 2 is 0.846 bits per heavy atom. The molecular formula is C13H14. The van der Waals surface area contributed by atoms with Gasteiger partial charge in [-0.05, 0) is 18.3 Å². The minimum Gasteiger partial charge on any atom is -0.0810 e. The number of hydrogen-bond acceptors (Lipinski definition) is 0. The van der Waals surface area contributed by atoms with E-state index >= 15 is 0 Å². The zero-order valence-corrected chi connectivity index (χ0v) is 7.64. The predicted octanol–water partition coefficient (Wildman–Crippen LogP) is 3.44. The van der Waals surface area contributed by atoms with Crippen LogP contribution in [0.3, 0.4) is 0 Å². The summed E-state index contributed by atoms with van der Waals surface area (Å²) in [4.78, 5) is 0. The lowest BCUT2D eigenvalue weighted by Crippen LogP contribution is -1.79. The second-order valence-corrected chi connectivity index (χ2v) is 3.49. The Morgan fingerprint density at radius 3 is 1.00 bits per heavy atom. The zero-order chi connectivity index (χ0) is 8.93. The molecule has 0 saturated carbocycles. The summed E-state index contributed by atoms with van der Waals surface area (Å²) in [6.45, 7) is 0. The molecule has 0 aromatic heterocycles. The highest BCUT2D eigenvalue weighted by Crippen LogP contribution is 2.31. The monoisotopic (exact) mass is 170 g/mol. The maximum atomic E-state index is 2.30. The van der Waals surface area contributed by atoms with Crippen molar-refractivity contribution in [3.8, 4) is 0 Å². The highest BCUT2D eigenvalue weighted by molar-refractivity contribution is 5.21. The average Bonchev–Trinajstić information content (AvgIpc) is 2.85. The molecule has 1 aromatic carbocycles. The molecule has 2 aliphatic rings. The molecule has 0 fully saturated rings. The summed E-state index contributed by atoms with van der Waals surface area (Å²) < 4.78 is 0. The standard InChI is InChI=1S/C7H8.C6H6/c1-2-7-4-3-6(1)5-7;1-2-4-6-5-3-1/h1-4,6-7H,5H2;1-6H. The van der Waals surface area contributed by atoms with Gasteiger partial charge in [-0.2, -0.15) is 0 Å². The van der Waals surface area contributed by atoms with Gasteiger partial charge in [-0.25, -0.2) is 0 Å². The van der Waals surface area contributed by atoms with Gasteiger partial charge in [0.05, 0.1) is 0 Å². The van der Waals surface area contributed by atoms with E-state index in [-0.39, 0.29) is 0 Å². The van der Waals surface area contributed by atoms with Crippen molar-refractivity contribution in [1.29, 1.82) is 0 Å². The smallest absolute Gasteiger partial charge is 0.00445 e. The van der Waals surface area contributed by atoms with Crippen LogP contribution in [0, 0.1) is 11.8 Å². The molecule has 0 amide bonds. The van der Waals surface area contributed by atoms with Crippen molar-refractivity contribution >= 4 is 0 Å². The van der Waals surface area contributed by atoms with Crippen LogP contribution in [0.25, 0.3) is 0 Å². The van der Waals surface area contributed by atoms with Crippen molar-refractivity contribution in [2.24, 2.45) is 11.8 Å². The van der Waals surface area contributed by atoms with Crippen LogP contribution in [-0.4, -0.2) is 0 Å². The quantitative estimate of drug-likeness (QED) is 0.523. The number of rotatable bonds is 0. The van der Waals surface area contributed by atoms with E-state index in [9.17, 15) is 0 Å². The molecule has 3 rings (SSSR count). The van der Waals surface area contributed by atoms with Gasteiger partial charge >= 0.3 is 0 Å². The van der Waals surface area contributed by atoms with Crippen LogP contribution in [0.1, 0.15) is 6.42 Å². The van der Waals surface area contributed by atoms with Crippen LogP contribution in [-0.2, 0) is 0 Å². The lowest BCUT2D eigenvalue weighted by atomic mass is 10.2. The Kier molecular flexibility index (Phi) is 2.61. The number of allylic oxidation sites excluding steroid dienone is 4. The van der Waals surface area contributed by atoms with Gasteiger partial charge in [0.15, 0.2) is 0 Å². The third-order valence-corrected chi connectivity index (χ3v) is 2.42. The second kappa shape index (κ2) is 4.08. The molecule has 0 unspecified atom stereocenters. The minimum atomic E-state index is 0.810. The molecule has 0 aliphatic heterocycles. The van der Waals surface area contributed by atoms with Crippen molar-refractivity contribution in [3.63, 3.8) is 0 Å². The molecule has 1 aromatic rings. The Balaban J connectivity index is 0.000000102. The molecule has 0 heteroatoms. The molecule has 2 aliphatic carbocycles. The van der Waals surface area contributed by atoms with E-state index in [1.54, 1.807) is 0 Å². The first-order valence-electron chi connectivity index (χ1n) is 4.82. The topological polar surface area (TPSA) is 0 Å². The molecule has 0 spiro atoms. The van der Waals surface area contributed by atoms with Gasteiger partial charge in [0.1, 0.15) is 0 Å². The third-order valence-electron chi connectivity index (χ3n) is 2.42. The zero-order valence-electron chi connectivity index (χ0n) is 7.64. The van der Waals surface area contributed by atoms with Crippen molar-refractivity contribution < 1.29 is 0 Å². The van der Waals surface area contributed by atoms with E-state index in [0.717, 1.165) is 11.8 Å². The van der Waals surface area contributed by atoms with Gasteiger partial charge in [-0.15, -0.1) is 0 Å². The molecule has 13 heavy (non-hydrogen) atoms. The third kappa shape index (κ3) is 2.32. The molecule has 0 atom stereocenters. The lowest BCUT2D eigenvalue weighted by molar-refractivity contribution is 0.732. The summed E-state index contributed by atoms with van der Waals surface area (Å²) in [5.41, 5.74) is 0. The van der Waals surface area contributed by atoms with Crippen LogP contribution < -0.4 is 0 Å². The van der Waals surface area contributed by atoms with E-state index < -0.39 is 0 Å². The van der Waals surface area contributed by atoms with Gasteiger partial charge < -0.3 is 0 Å². The maximum Gasteiger partial charge on any atom is -0.00445 e. The van der Waals surface area contributed by atoms with Gasteiger partial charge in [0, 0.05) is 0 Å². The minimum absolute atomic E-state index is 0.810. The molecule has 0 radical (unpaired) electrons. The summed E-state index contributed by atoms with van der Waals surface area (Å²) in [5, 5.41) is 0. The van der Waals surface area contributed by atoms with E-state index in [4.69, 9.17) is 0 Å². The summed E-state index contributed by atoms with van der Waals surface area (Å²) >= 11 is 0. The molecule has 0 saturated heterocycles. The second-order valence-electron chi connectivity index (χ2n) is 3.49. The summed E-state index contributed by atoms with van der Waals surface area (Å²) in [7, 11) is 0. The van der Waals surface area contributed by atoms with Crippen LogP contribution in [0.15, 0.2) is 60.7 Å². The van der Waals surface area contributed by atoms with Gasteiger partial charge in [-0.3, -0.25) is 0 Å². The van der Waals surface area contributed by atoms with E-state index in [0.29, 0.717) is 0 Å². The normalized spacial score (nSPS) is 27.1. The van der Waals surface area contributed by atoms with E-state index in [2.05, 4.69) is 24.3 Å². The fourth-order valence-corrected chi connectivity index (χ4v) is 1.71. The largest absolute Gasteiger partial charge is 0.0810 e. The van der Waals surface area contributed by atoms with Crippen molar-refractivity contribution in [2.45, 2.75) is 6.42 Å². The van der Waals surface area contributed by atoms with Crippen LogP contribution >= 0.6 is 0 Å². The fraction of sp³-hybridized carbons (Fsp3) is 0.231. The van der Waals surface area contributed by atoms with Crippen LogP contribution in [0.5, 0.6) is 0 Å². The first kappa shape index (κ1) is 8.31. The van der Waals surface area contributed by atoms with Crippen molar-refractivity contribution in [3.05, 3.63) is 60.7 Å². The summed E-state index contributed by atoms with van der Waals surface area (Å²) in [6, 6.07) is 12.0. The maximum absolute atomic E-state index is 2.30. The van der Waals surface area contributed by atoms with Gasteiger partial charge in [0.2, 0.25) is 0 Å².